The standard InChI is InChI=1S/C18H20N2O4S/c1-2-23-16-5-3-4-14(12-16)17(21)19-10-11-24-15-8-6-13(7-9-15)18(25)20-22/h3-9,12,22H,2,10-11H2,1H3,(H,19,21)(H,20,25). The fraction of sp³-hybridized carbons (Fsp3) is 0.222. The van der Waals surface area contributed by atoms with Crippen LogP contribution in [0.25, 0.3) is 0 Å². The second kappa shape index (κ2) is 9.61. The summed E-state index contributed by atoms with van der Waals surface area (Å²) in [5.74, 6) is 1.14. The van der Waals surface area contributed by atoms with Crippen LogP contribution in [0.3, 0.4) is 0 Å². The highest BCUT2D eigenvalue weighted by atomic mass is 32.1. The van der Waals surface area contributed by atoms with Crippen molar-refractivity contribution in [3.63, 3.8) is 0 Å². The quantitative estimate of drug-likeness (QED) is 0.381. The van der Waals surface area contributed by atoms with E-state index in [9.17, 15) is 4.79 Å². The minimum Gasteiger partial charge on any atom is -0.494 e. The molecular weight excluding hydrogens is 340 g/mol. The molecule has 132 valence electrons. The predicted molar refractivity (Wildman–Crippen MR) is 98.5 cm³/mol. The zero-order chi connectivity index (χ0) is 18.1. The first-order valence-corrected chi connectivity index (χ1v) is 8.23. The van der Waals surface area contributed by atoms with Crippen LogP contribution in [-0.2, 0) is 0 Å². The monoisotopic (exact) mass is 360 g/mol. The number of thiocarbonyl (C=S) groups is 1. The largest absolute Gasteiger partial charge is 0.494 e. The van der Waals surface area contributed by atoms with Gasteiger partial charge < -0.3 is 14.8 Å². The summed E-state index contributed by atoms with van der Waals surface area (Å²) in [7, 11) is 0. The average Bonchev–Trinajstić information content (AvgIpc) is 2.65. The Bertz CT molecular complexity index is 719. The van der Waals surface area contributed by atoms with Gasteiger partial charge in [0.2, 0.25) is 0 Å². The van der Waals surface area contributed by atoms with Crippen LogP contribution in [0, 0.1) is 0 Å². The lowest BCUT2D eigenvalue weighted by Gasteiger charge is -2.09. The highest BCUT2D eigenvalue weighted by Crippen LogP contribution is 2.14. The Morgan fingerprint density at radius 1 is 1.08 bits per heavy atom. The van der Waals surface area contributed by atoms with E-state index in [1.54, 1.807) is 42.5 Å². The number of hydrogen-bond acceptors (Lipinski definition) is 5. The Labute approximate surface area is 151 Å². The third kappa shape index (κ3) is 5.74. The molecule has 25 heavy (non-hydrogen) atoms. The van der Waals surface area contributed by atoms with Crippen LogP contribution in [-0.4, -0.2) is 35.9 Å². The van der Waals surface area contributed by atoms with Crippen molar-refractivity contribution in [2.75, 3.05) is 19.8 Å². The van der Waals surface area contributed by atoms with Gasteiger partial charge in [-0.1, -0.05) is 18.3 Å². The summed E-state index contributed by atoms with van der Waals surface area (Å²) in [4.78, 5) is 12.3. The fourth-order valence-corrected chi connectivity index (χ4v) is 2.23. The normalized spacial score (nSPS) is 10.0. The van der Waals surface area contributed by atoms with Crippen LogP contribution < -0.4 is 20.3 Å². The molecule has 6 nitrogen and oxygen atoms in total. The van der Waals surface area contributed by atoms with E-state index in [-0.39, 0.29) is 10.9 Å². The molecule has 0 unspecified atom stereocenters. The second-order valence-electron chi connectivity index (χ2n) is 5.03. The SMILES string of the molecule is CCOc1cccc(C(=O)NCCOc2ccc(C(=S)NO)cc2)c1. The van der Waals surface area contributed by atoms with E-state index in [2.05, 4.69) is 5.32 Å². The molecule has 0 radical (unpaired) electrons. The summed E-state index contributed by atoms with van der Waals surface area (Å²) >= 11 is 4.91. The minimum absolute atomic E-state index is 0.181. The summed E-state index contributed by atoms with van der Waals surface area (Å²) in [5.41, 5.74) is 3.16. The molecule has 2 aromatic rings. The highest BCUT2D eigenvalue weighted by Gasteiger charge is 2.06. The van der Waals surface area contributed by atoms with Crippen molar-refractivity contribution >= 4 is 23.1 Å². The number of ether oxygens (including phenoxy) is 2. The van der Waals surface area contributed by atoms with Gasteiger partial charge in [0.15, 0.2) is 0 Å². The third-order valence-corrected chi connectivity index (χ3v) is 3.61. The molecule has 0 saturated carbocycles. The maximum absolute atomic E-state index is 12.1. The van der Waals surface area contributed by atoms with Crippen LogP contribution in [0.15, 0.2) is 48.5 Å². The molecule has 0 aromatic heterocycles. The van der Waals surface area contributed by atoms with Gasteiger partial charge in [0.1, 0.15) is 23.1 Å². The lowest BCUT2D eigenvalue weighted by Crippen LogP contribution is -2.28. The first-order chi connectivity index (χ1) is 12.1. The number of rotatable bonds is 8. The first kappa shape index (κ1) is 18.7. The number of carbonyl (C=O) groups is 1. The summed E-state index contributed by atoms with van der Waals surface area (Å²) < 4.78 is 10.9. The van der Waals surface area contributed by atoms with Crippen LogP contribution in [0.2, 0.25) is 0 Å². The first-order valence-electron chi connectivity index (χ1n) is 7.82. The van der Waals surface area contributed by atoms with Gasteiger partial charge in [-0.3, -0.25) is 15.5 Å². The van der Waals surface area contributed by atoms with Gasteiger partial charge in [-0.15, -0.1) is 0 Å². The van der Waals surface area contributed by atoms with E-state index in [4.69, 9.17) is 26.9 Å². The smallest absolute Gasteiger partial charge is 0.251 e. The zero-order valence-electron chi connectivity index (χ0n) is 13.8. The molecule has 7 heteroatoms. The number of carbonyl (C=O) groups excluding carboxylic acids is 1. The van der Waals surface area contributed by atoms with Gasteiger partial charge in [-0.05, 0) is 49.4 Å². The van der Waals surface area contributed by atoms with Gasteiger partial charge >= 0.3 is 0 Å². The van der Waals surface area contributed by atoms with Crippen molar-refractivity contribution in [2.45, 2.75) is 6.92 Å². The number of nitrogens with one attached hydrogen (secondary N) is 2. The number of hydrogen-bond donors (Lipinski definition) is 3. The summed E-state index contributed by atoms with van der Waals surface area (Å²) in [6.07, 6.45) is 0. The van der Waals surface area contributed by atoms with Gasteiger partial charge in [0.25, 0.3) is 5.91 Å². The number of hydroxylamine groups is 1. The van der Waals surface area contributed by atoms with E-state index in [1.807, 2.05) is 18.5 Å². The van der Waals surface area contributed by atoms with Crippen molar-refractivity contribution in [1.29, 1.82) is 0 Å². The zero-order valence-corrected chi connectivity index (χ0v) is 14.6. The van der Waals surface area contributed by atoms with Crippen molar-refractivity contribution < 1.29 is 19.5 Å². The molecule has 0 fully saturated rings. The van der Waals surface area contributed by atoms with E-state index in [0.29, 0.717) is 42.4 Å². The molecule has 0 saturated heterocycles. The predicted octanol–water partition coefficient (Wildman–Crippen LogP) is 2.55. The molecule has 0 aliphatic carbocycles. The maximum atomic E-state index is 12.1. The van der Waals surface area contributed by atoms with E-state index < -0.39 is 0 Å². The van der Waals surface area contributed by atoms with Crippen molar-refractivity contribution in [2.24, 2.45) is 0 Å². The second-order valence-corrected chi connectivity index (χ2v) is 5.44. The molecule has 0 spiro atoms. The molecule has 0 heterocycles. The summed E-state index contributed by atoms with van der Waals surface area (Å²) in [6.45, 7) is 3.15. The van der Waals surface area contributed by atoms with Gasteiger partial charge in [-0.2, -0.15) is 0 Å². The molecule has 1 amide bonds. The molecule has 0 aliphatic heterocycles. The van der Waals surface area contributed by atoms with Crippen LogP contribution in [0.4, 0.5) is 0 Å². The molecule has 0 bridgehead atoms. The number of amides is 1. The topological polar surface area (TPSA) is 79.8 Å². The van der Waals surface area contributed by atoms with Crippen molar-refractivity contribution in [1.82, 2.24) is 10.8 Å². The minimum atomic E-state index is -0.181. The molecule has 0 aliphatic rings. The molecule has 2 aromatic carbocycles. The Kier molecular flexibility index (Phi) is 7.18. The van der Waals surface area contributed by atoms with E-state index >= 15 is 0 Å². The fourth-order valence-electron chi connectivity index (χ4n) is 2.10. The number of benzene rings is 2. The third-order valence-electron chi connectivity index (χ3n) is 3.28. The Hall–Kier alpha value is -2.64. The average molecular weight is 360 g/mol. The Balaban J connectivity index is 1.78. The van der Waals surface area contributed by atoms with Crippen LogP contribution in [0.1, 0.15) is 22.8 Å². The summed E-state index contributed by atoms with van der Waals surface area (Å²) in [5, 5.41) is 11.5. The van der Waals surface area contributed by atoms with E-state index in [1.165, 1.54) is 0 Å². The molecule has 2 rings (SSSR count). The maximum Gasteiger partial charge on any atom is 0.251 e. The van der Waals surface area contributed by atoms with Crippen LogP contribution in [0.5, 0.6) is 11.5 Å². The lowest BCUT2D eigenvalue weighted by molar-refractivity contribution is 0.0946. The lowest BCUT2D eigenvalue weighted by atomic mass is 10.2. The molecule has 3 N–H and O–H groups in total. The van der Waals surface area contributed by atoms with E-state index in [0.717, 1.165) is 0 Å². The van der Waals surface area contributed by atoms with Gasteiger partial charge in [0, 0.05) is 11.1 Å². The molecule has 0 atom stereocenters. The van der Waals surface area contributed by atoms with Crippen LogP contribution >= 0.6 is 12.2 Å². The van der Waals surface area contributed by atoms with Gasteiger partial charge in [-0.25, -0.2) is 0 Å². The summed E-state index contributed by atoms with van der Waals surface area (Å²) in [6, 6.07) is 14.0. The molecular formula is C18H20N2O4S. The van der Waals surface area contributed by atoms with Crippen molar-refractivity contribution in [3.8, 4) is 11.5 Å². The van der Waals surface area contributed by atoms with Gasteiger partial charge in [0.05, 0.1) is 13.2 Å². The highest BCUT2D eigenvalue weighted by molar-refractivity contribution is 7.80. The Morgan fingerprint density at radius 3 is 2.52 bits per heavy atom. The Morgan fingerprint density at radius 2 is 1.84 bits per heavy atom. The van der Waals surface area contributed by atoms with Crippen molar-refractivity contribution in [3.05, 3.63) is 59.7 Å².